The van der Waals surface area contributed by atoms with E-state index in [1.54, 1.807) is 6.07 Å². The van der Waals surface area contributed by atoms with Gasteiger partial charge in [0.25, 0.3) is 0 Å². The summed E-state index contributed by atoms with van der Waals surface area (Å²) in [6, 6.07) is 15.4. The molecule has 0 amide bonds. The number of hydrazine groups is 1. The van der Waals surface area contributed by atoms with Gasteiger partial charge in [-0.1, -0.05) is 36.4 Å². The van der Waals surface area contributed by atoms with Crippen LogP contribution in [0.15, 0.2) is 53.5 Å². The molecule has 2 aromatic rings. The fourth-order valence-corrected chi connectivity index (χ4v) is 1.91. The van der Waals surface area contributed by atoms with Crippen LogP contribution in [-0.4, -0.2) is 5.96 Å². The Morgan fingerprint density at radius 1 is 1.06 bits per heavy atom. The van der Waals surface area contributed by atoms with Gasteiger partial charge in [-0.05, 0) is 23.3 Å². The molecule has 2 aromatic carbocycles. The summed E-state index contributed by atoms with van der Waals surface area (Å²) >= 11 is 0. The molecule has 3 N–H and O–H groups in total. The Kier molecular flexibility index (Phi) is 2.39. The van der Waals surface area contributed by atoms with E-state index >= 15 is 0 Å². The van der Waals surface area contributed by atoms with Crippen molar-refractivity contribution < 1.29 is 0 Å². The number of nitrogens with one attached hydrogen (secondary N) is 1. The molecule has 90 valence electrons. The molecule has 0 spiro atoms. The third-order valence-electron chi connectivity index (χ3n) is 2.76. The van der Waals surface area contributed by atoms with Gasteiger partial charge in [-0.15, -0.1) is 0 Å². The predicted octanol–water partition coefficient (Wildman–Crippen LogP) is 2.12. The molecule has 5 nitrogen and oxygen atoms in total. The Morgan fingerprint density at radius 2 is 1.83 bits per heavy atom. The van der Waals surface area contributed by atoms with Crippen molar-refractivity contribution in [2.45, 2.75) is 0 Å². The predicted molar refractivity (Wildman–Crippen MR) is 72.1 cm³/mol. The lowest BCUT2D eigenvalue weighted by molar-refractivity contribution is 0.900. The number of guanidine groups is 1. The van der Waals surface area contributed by atoms with E-state index in [1.165, 1.54) is 0 Å². The maximum atomic E-state index is 11.6. The van der Waals surface area contributed by atoms with Crippen molar-refractivity contribution >= 4 is 17.3 Å². The summed E-state index contributed by atoms with van der Waals surface area (Å²) in [4.78, 5) is 4.12. The molecule has 0 radical (unpaired) electrons. The largest absolute Gasteiger partial charge is 0.739 e. The average Bonchev–Trinajstić information content (AvgIpc) is 2.39. The Labute approximate surface area is 104 Å². The minimum atomic E-state index is 0.0997. The molecular weight excluding hydrogens is 228 g/mol. The van der Waals surface area contributed by atoms with Crippen molar-refractivity contribution in [3.05, 3.63) is 53.7 Å². The van der Waals surface area contributed by atoms with Gasteiger partial charge >= 0.3 is 0 Å². The quantitative estimate of drug-likeness (QED) is 0.799. The van der Waals surface area contributed by atoms with E-state index in [4.69, 9.17) is 5.73 Å². The lowest BCUT2D eigenvalue weighted by Crippen LogP contribution is -2.44. The fraction of sp³-hybridized carbons (Fsp3) is 0. The average molecular weight is 239 g/mol. The van der Waals surface area contributed by atoms with E-state index in [0.717, 1.165) is 11.1 Å². The molecule has 1 aliphatic rings. The van der Waals surface area contributed by atoms with Crippen LogP contribution in [-0.2, 0) is 0 Å². The topological polar surface area (TPSA) is 76.7 Å². The third-order valence-corrected chi connectivity index (χ3v) is 2.76. The summed E-state index contributed by atoms with van der Waals surface area (Å²) in [5, 5.41) is 12.2. The number of benzene rings is 2. The first-order chi connectivity index (χ1) is 8.74. The second-order valence-electron chi connectivity index (χ2n) is 3.97. The summed E-state index contributed by atoms with van der Waals surface area (Å²) in [5.41, 5.74) is 11.0. The third kappa shape index (κ3) is 1.76. The first-order valence-corrected chi connectivity index (χ1v) is 5.51. The van der Waals surface area contributed by atoms with Crippen molar-refractivity contribution in [2.75, 3.05) is 5.17 Å². The van der Waals surface area contributed by atoms with Gasteiger partial charge in [0.15, 0.2) is 0 Å². The number of hydrogen-bond acceptors (Lipinski definition) is 5. The zero-order valence-electron chi connectivity index (χ0n) is 9.50. The summed E-state index contributed by atoms with van der Waals surface area (Å²) in [5.74, 6) is 0.0997. The highest BCUT2D eigenvalue weighted by atomic mass is 16.5. The minimum Gasteiger partial charge on any atom is -0.739 e. The molecule has 5 heteroatoms. The van der Waals surface area contributed by atoms with Crippen molar-refractivity contribution in [2.24, 2.45) is 10.7 Å². The number of rotatable bonds is 1. The fourth-order valence-electron chi connectivity index (χ4n) is 1.91. The summed E-state index contributed by atoms with van der Waals surface area (Å²) < 4.78 is 0. The highest BCUT2D eigenvalue weighted by molar-refractivity contribution is 5.90. The zero-order chi connectivity index (χ0) is 12.5. The van der Waals surface area contributed by atoms with Gasteiger partial charge in [0, 0.05) is 0 Å². The summed E-state index contributed by atoms with van der Waals surface area (Å²) in [7, 11) is 0. The Bertz CT molecular complexity index is 610. The van der Waals surface area contributed by atoms with E-state index in [1.807, 2.05) is 42.5 Å². The summed E-state index contributed by atoms with van der Waals surface area (Å²) in [6.45, 7) is 0. The van der Waals surface area contributed by atoms with Crippen LogP contribution in [0, 0.1) is 5.21 Å². The maximum Gasteiger partial charge on any atom is 0.212 e. The molecule has 0 aliphatic carbocycles. The smallest absolute Gasteiger partial charge is 0.212 e. The number of aliphatic imine (C=N–C) groups is 1. The molecule has 0 saturated heterocycles. The number of nitrogens with zero attached hydrogens (tertiary/aromatic N) is 2. The number of hydrogen-bond donors (Lipinski definition) is 2. The van der Waals surface area contributed by atoms with Crippen LogP contribution in [0.25, 0.3) is 11.1 Å². The molecule has 0 unspecified atom stereocenters. The van der Waals surface area contributed by atoms with Crippen LogP contribution in [0.1, 0.15) is 0 Å². The van der Waals surface area contributed by atoms with Crippen LogP contribution in [0.5, 0.6) is 0 Å². The van der Waals surface area contributed by atoms with Crippen LogP contribution < -0.4 is 16.3 Å². The lowest BCUT2D eigenvalue weighted by atomic mass is 10.0. The van der Waals surface area contributed by atoms with Gasteiger partial charge in [0.1, 0.15) is 0 Å². The van der Waals surface area contributed by atoms with E-state index < -0.39 is 0 Å². The first-order valence-electron chi connectivity index (χ1n) is 5.51. The van der Waals surface area contributed by atoms with Gasteiger partial charge in [0.05, 0.1) is 11.4 Å². The van der Waals surface area contributed by atoms with E-state index in [0.29, 0.717) is 16.5 Å². The molecule has 0 saturated carbocycles. The van der Waals surface area contributed by atoms with Gasteiger partial charge in [0.2, 0.25) is 5.96 Å². The molecule has 3 rings (SSSR count). The minimum absolute atomic E-state index is 0.0997. The molecule has 1 aliphatic heterocycles. The molecular formula is C13H11N4O-. The SMILES string of the molecule is NC1=Nc2cc(-c3ccccc3)ccc2N([O-])N1. The Balaban J connectivity index is 2.10. The monoisotopic (exact) mass is 239 g/mol. The number of anilines is 1. The van der Waals surface area contributed by atoms with Gasteiger partial charge in [-0.2, -0.15) is 0 Å². The standard InChI is InChI=1S/C13H11N4O/c14-13-15-11-8-10(9-4-2-1-3-5-9)6-7-12(11)17(18)16-13/h1-8H,(H3,14,15,16)/q-1. The van der Waals surface area contributed by atoms with Crippen molar-refractivity contribution in [1.29, 1.82) is 0 Å². The van der Waals surface area contributed by atoms with Crippen LogP contribution in [0.4, 0.5) is 11.4 Å². The highest BCUT2D eigenvalue weighted by Gasteiger charge is 2.11. The molecule has 1 heterocycles. The van der Waals surface area contributed by atoms with E-state index in [-0.39, 0.29) is 5.96 Å². The number of nitrogens with two attached hydrogens (primary N) is 1. The number of fused-ring (bicyclic) bond motifs is 1. The van der Waals surface area contributed by atoms with E-state index in [2.05, 4.69) is 10.4 Å². The first kappa shape index (κ1) is 10.6. The van der Waals surface area contributed by atoms with Crippen molar-refractivity contribution in [3.8, 4) is 11.1 Å². The van der Waals surface area contributed by atoms with Crippen LogP contribution >= 0.6 is 0 Å². The molecule has 0 fully saturated rings. The van der Waals surface area contributed by atoms with Gasteiger partial charge < -0.3 is 16.1 Å². The Morgan fingerprint density at radius 3 is 2.61 bits per heavy atom. The second kappa shape index (κ2) is 4.05. The second-order valence-corrected chi connectivity index (χ2v) is 3.97. The Hall–Kier alpha value is -2.53. The lowest BCUT2D eigenvalue weighted by Gasteiger charge is -2.35. The normalized spacial score (nSPS) is 13.6. The van der Waals surface area contributed by atoms with Crippen LogP contribution in [0.3, 0.4) is 0 Å². The van der Waals surface area contributed by atoms with Gasteiger partial charge in [-0.3, -0.25) is 5.43 Å². The zero-order valence-corrected chi connectivity index (χ0v) is 9.50. The maximum absolute atomic E-state index is 11.6. The molecule has 0 aromatic heterocycles. The van der Waals surface area contributed by atoms with Crippen molar-refractivity contribution in [1.82, 2.24) is 5.43 Å². The van der Waals surface area contributed by atoms with Crippen molar-refractivity contribution in [3.63, 3.8) is 0 Å². The molecule has 18 heavy (non-hydrogen) atoms. The molecule has 0 bridgehead atoms. The van der Waals surface area contributed by atoms with E-state index in [9.17, 15) is 5.21 Å². The summed E-state index contributed by atoms with van der Waals surface area (Å²) in [6.07, 6.45) is 0. The van der Waals surface area contributed by atoms with Crippen LogP contribution in [0.2, 0.25) is 0 Å². The highest BCUT2D eigenvalue weighted by Crippen LogP contribution is 2.34. The molecule has 0 atom stereocenters. The van der Waals surface area contributed by atoms with Gasteiger partial charge in [-0.25, -0.2) is 4.99 Å².